The fourth-order valence-electron chi connectivity index (χ4n) is 3.52. The fraction of sp³-hybridized carbons (Fsp3) is 0.448. The number of aliphatic hydroxyl groups excluding tert-OH is 2. The van der Waals surface area contributed by atoms with Gasteiger partial charge in [-0.15, -0.1) is 0 Å². The van der Waals surface area contributed by atoms with E-state index in [1.165, 1.54) is 12.5 Å². The molecule has 3 rings (SSSR count). The summed E-state index contributed by atoms with van der Waals surface area (Å²) in [7, 11) is -2.01. The Morgan fingerprint density at radius 2 is 1.57 bits per heavy atom. The lowest BCUT2D eigenvalue weighted by atomic mass is 9.91. The van der Waals surface area contributed by atoms with Crippen molar-refractivity contribution in [3.05, 3.63) is 77.2 Å². The van der Waals surface area contributed by atoms with Crippen LogP contribution in [-0.2, 0) is 27.2 Å². The fourth-order valence-corrected chi connectivity index (χ4v) is 4.45. The minimum absolute atomic E-state index is 0.0354. The minimum Gasteiger partial charge on any atom is -0.409 e. The molecule has 200 valence electrons. The summed E-state index contributed by atoms with van der Waals surface area (Å²) in [6.07, 6.45) is -1.44. The van der Waals surface area contributed by atoms with Crippen LogP contribution in [0.25, 0.3) is 11.1 Å². The molecule has 0 saturated carbocycles. The number of ether oxygens (including phenoxy) is 1. The number of benzene rings is 2. The van der Waals surface area contributed by atoms with Crippen LogP contribution in [0.4, 0.5) is 0 Å². The molecule has 0 radical (unpaired) electrons. The number of carbonyl (C=O) groups excluding carboxylic acids is 1. The summed E-state index contributed by atoms with van der Waals surface area (Å²) in [5, 5.41) is 24.7. The Balaban J connectivity index is 1.71. The predicted octanol–water partition coefficient (Wildman–Crippen LogP) is 5.74. The lowest BCUT2D eigenvalue weighted by Crippen LogP contribution is -2.46. The molecule has 2 atom stereocenters. The third-order valence-corrected chi connectivity index (χ3v) is 11.8. The predicted molar refractivity (Wildman–Crippen MR) is 145 cm³/mol. The van der Waals surface area contributed by atoms with E-state index in [4.69, 9.17) is 13.7 Å². The highest BCUT2D eigenvalue weighted by Crippen LogP contribution is 2.37. The lowest BCUT2D eigenvalue weighted by Gasteiger charge is -2.35. The summed E-state index contributed by atoms with van der Waals surface area (Å²) in [5.74, 6) is -0.206. The maximum absolute atomic E-state index is 12.7. The van der Waals surface area contributed by atoms with Gasteiger partial charge in [-0.1, -0.05) is 80.0 Å². The second kappa shape index (κ2) is 11.4. The van der Waals surface area contributed by atoms with Gasteiger partial charge in [0, 0.05) is 6.07 Å². The third-order valence-electron chi connectivity index (χ3n) is 7.34. The average Bonchev–Trinajstić information content (AvgIpc) is 3.34. The molecule has 37 heavy (non-hydrogen) atoms. The minimum atomic E-state index is -2.01. The highest BCUT2D eigenvalue weighted by atomic mass is 28.4. The van der Waals surface area contributed by atoms with Crippen molar-refractivity contribution in [1.82, 2.24) is 5.16 Å². The first-order valence-electron chi connectivity index (χ1n) is 12.5. The zero-order valence-electron chi connectivity index (χ0n) is 22.9. The Morgan fingerprint density at radius 3 is 2.11 bits per heavy atom. The summed E-state index contributed by atoms with van der Waals surface area (Å²) >= 11 is 0. The lowest BCUT2D eigenvalue weighted by molar-refractivity contribution is -0.166. The Labute approximate surface area is 220 Å². The largest absolute Gasteiger partial charge is 0.409 e. The van der Waals surface area contributed by atoms with E-state index in [1.54, 1.807) is 6.07 Å². The van der Waals surface area contributed by atoms with Crippen molar-refractivity contribution < 1.29 is 28.7 Å². The van der Waals surface area contributed by atoms with Crippen LogP contribution < -0.4 is 0 Å². The molecule has 2 aromatic carbocycles. The summed E-state index contributed by atoms with van der Waals surface area (Å²) in [4.78, 5) is 12.7. The normalized spacial score (nSPS) is 14.8. The number of aliphatic hydroxyl groups is 2. The first kappa shape index (κ1) is 28.9. The third kappa shape index (κ3) is 6.83. The quantitative estimate of drug-likeness (QED) is 0.308. The van der Waals surface area contributed by atoms with Crippen molar-refractivity contribution in [2.75, 3.05) is 6.61 Å². The molecule has 2 N–H and O–H groups in total. The molecule has 1 aromatic heterocycles. The van der Waals surface area contributed by atoms with Gasteiger partial charge in [0.05, 0.1) is 13.2 Å². The number of hydrogen-bond donors (Lipinski definition) is 2. The van der Waals surface area contributed by atoms with E-state index < -0.39 is 32.4 Å². The van der Waals surface area contributed by atoms with Gasteiger partial charge in [-0.25, -0.2) is 0 Å². The highest BCUT2D eigenvalue weighted by molar-refractivity contribution is 6.74. The van der Waals surface area contributed by atoms with Crippen LogP contribution in [0.5, 0.6) is 0 Å². The molecule has 3 aromatic rings. The van der Waals surface area contributed by atoms with E-state index in [0.29, 0.717) is 5.76 Å². The average molecular weight is 526 g/mol. The molecule has 0 saturated heterocycles. The van der Waals surface area contributed by atoms with Gasteiger partial charge in [0.25, 0.3) is 0 Å². The molecule has 0 unspecified atom stereocenters. The molecule has 0 aliphatic heterocycles. The molecule has 7 nitrogen and oxygen atoms in total. The van der Waals surface area contributed by atoms with E-state index in [-0.39, 0.29) is 23.9 Å². The first-order valence-corrected chi connectivity index (χ1v) is 15.4. The van der Waals surface area contributed by atoms with E-state index in [2.05, 4.69) is 63.3 Å². The molecule has 1 heterocycles. The first-order chi connectivity index (χ1) is 17.3. The Hall–Kier alpha value is -2.62. The van der Waals surface area contributed by atoms with Crippen LogP contribution in [-0.4, -0.2) is 41.7 Å². The molecule has 0 aliphatic rings. The van der Waals surface area contributed by atoms with E-state index in [9.17, 15) is 15.0 Å². The summed E-state index contributed by atoms with van der Waals surface area (Å²) < 4.78 is 17.5. The van der Waals surface area contributed by atoms with Gasteiger partial charge in [0.15, 0.2) is 25.5 Å². The van der Waals surface area contributed by atoms with Crippen LogP contribution in [0.3, 0.4) is 0 Å². The molecule has 0 aliphatic carbocycles. The van der Waals surface area contributed by atoms with E-state index >= 15 is 0 Å². The molecule has 8 heteroatoms. The summed E-state index contributed by atoms with van der Waals surface area (Å²) in [6, 6.07) is 17.6. The van der Waals surface area contributed by atoms with Crippen molar-refractivity contribution >= 4 is 14.1 Å². The van der Waals surface area contributed by atoms with Gasteiger partial charge in [0.1, 0.15) is 18.4 Å². The van der Waals surface area contributed by atoms with Crippen molar-refractivity contribution in [1.29, 1.82) is 0 Å². The standard InChI is InChI=1S/C29H39NO6Si/c1-20-8-12-22(13-9-20)23-14-10-21(11-15-23)18-34-29(5,26(32)17-31)27(33)25-16-24(36-30-25)19-35-37(6,7)28(2,3)4/h8-16,27,31,33H,17-19H2,1-7H3/t27-,29+/m0/s1. The van der Waals surface area contributed by atoms with Crippen LogP contribution in [0.2, 0.25) is 18.1 Å². The van der Waals surface area contributed by atoms with E-state index in [1.807, 2.05) is 31.2 Å². The number of hydrogen-bond acceptors (Lipinski definition) is 7. The monoisotopic (exact) mass is 525 g/mol. The number of aryl methyl sites for hydroxylation is 1. The zero-order valence-corrected chi connectivity index (χ0v) is 23.9. The number of nitrogens with zero attached hydrogens (tertiary/aromatic N) is 1. The van der Waals surface area contributed by atoms with Crippen LogP contribution in [0, 0.1) is 6.92 Å². The number of Topliss-reactive ketones (excluding diaryl/α,β-unsaturated/α-hetero) is 1. The zero-order chi connectivity index (χ0) is 27.4. The van der Waals surface area contributed by atoms with Crippen molar-refractivity contribution in [2.45, 2.75) is 77.7 Å². The second-order valence-corrected chi connectivity index (χ2v) is 16.0. The second-order valence-electron chi connectivity index (χ2n) is 11.2. The van der Waals surface area contributed by atoms with Crippen molar-refractivity contribution in [3.63, 3.8) is 0 Å². The molecular formula is C29H39NO6Si. The number of carbonyl (C=O) groups is 1. The van der Waals surface area contributed by atoms with Gasteiger partial charge in [-0.3, -0.25) is 4.79 Å². The smallest absolute Gasteiger partial charge is 0.192 e. The van der Waals surface area contributed by atoms with Crippen LogP contribution >= 0.6 is 0 Å². The highest BCUT2D eigenvalue weighted by Gasteiger charge is 2.44. The van der Waals surface area contributed by atoms with Crippen LogP contribution in [0.15, 0.2) is 59.1 Å². The van der Waals surface area contributed by atoms with Crippen LogP contribution in [0.1, 0.15) is 56.4 Å². The Kier molecular flexibility index (Phi) is 8.92. The SMILES string of the molecule is Cc1ccc(-c2ccc(CO[C@](C)(C(=O)CO)[C@@H](O)c3cc(CO[Si](C)(C)C(C)(C)C)on3)cc2)cc1. The Morgan fingerprint density at radius 1 is 1.00 bits per heavy atom. The summed E-state index contributed by atoms with van der Waals surface area (Å²) in [6.45, 7) is 13.7. The topological polar surface area (TPSA) is 102 Å². The number of ketones is 1. The maximum atomic E-state index is 12.7. The van der Waals surface area contributed by atoms with E-state index in [0.717, 1.165) is 16.7 Å². The molecule has 0 bridgehead atoms. The van der Waals surface area contributed by atoms with Gasteiger partial charge in [0.2, 0.25) is 0 Å². The van der Waals surface area contributed by atoms with Gasteiger partial charge in [-0.2, -0.15) is 0 Å². The molecule has 0 amide bonds. The Bertz CT molecular complexity index is 1180. The van der Waals surface area contributed by atoms with Gasteiger partial charge < -0.3 is 23.9 Å². The molecule has 0 spiro atoms. The summed E-state index contributed by atoms with van der Waals surface area (Å²) in [5.41, 5.74) is 2.61. The molecular weight excluding hydrogens is 486 g/mol. The van der Waals surface area contributed by atoms with Crippen molar-refractivity contribution in [3.8, 4) is 11.1 Å². The van der Waals surface area contributed by atoms with Gasteiger partial charge in [-0.05, 0) is 48.7 Å². The van der Waals surface area contributed by atoms with Crippen molar-refractivity contribution in [2.24, 2.45) is 0 Å². The van der Waals surface area contributed by atoms with Gasteiger partial charge >= 0.3 is 0 Å². The number of rotatable bonds is 11. The maximum Gasteiger partial charge on any atom is 0.192 e. The molecule has 0 fully saturated rings. The number of aromatic nitrogens is 1.